The normalized spacial score (nSPS) is 36.8. The van der Waals surface area contributed by atoms with Crippen molar-refractivity contribution in [3.05, 3.63) is 0 Å². The Morgan fingerprint density at radius 3 is 2.62 bits per heavy atom. The minimum absolute atomic E-state index is 0.240. The van der Waals surface area contributed by atoms with E-state index in [1.165, 1.54) is 6.42 Å². The molecule has 1 N–H and O–H groups in total. The standard InChI is InChI=1S/C10H18N2O/c1-7-11-5-9(13)12(7)6-8-4-10(8,2)3/h7-8,11H,4-6H2,1-3H3. The lowest BCUT2D eigenvalue weighted by molar-refractivity contribution is -0.128. The van der Waals surface area contributed by atoms with Gasteiger partial charge in [0.1, 0.15) is 0 Å². The third-order valence-electron chi connectivity index (χ3n) is 3.47. The fourth-order valence-corrected chi connectivity index (χ4v) is 2.05. The lowest BCUT2D eigenvalue weighted by atomic mass is 10.1. The topological polar surface area (TPSA) is 32.3 Å². The van der Waals surface area contributed by atoms with E-state index in [1.54, 1.807) is 0 Å². The van der Waals surface area contributed by atoms with Crippen molar-refractivity contribution in [3.8, 4) is 0 Å². The molecule has 2 fully saturated rings. The van der Waals surface area contributed by atoms with Crippen LogP contribution in [-0.4, -0.2) is 30.1 Å². The van der Waals surface area contributed by atoms with E-state index in [0.717, 1.165) is 12.5 Å². The molecule has 2 atom stereocenters. The molecular weight excluding hydrogens is 164 g/mol. The van der Waals surface area contributed by atoms with Crippen LogP contribution in [0.1, 0.15) is 27.2 Å². The van der Waals surface area contributed by atoms with Gasteiger partial charge in [-0.25, -0.2) is 0 Å². The summed E-state index contributed by atoms with van der Waals surface area (Å²) in [6.07, 6.45) is 1.51. The maximum absolute atomic E-state index is 11.4. The molecule has 2 rings (SSSR count). The molecule has 1 saturated heterocycles. The zero-order valence-electron chi connectivity index (χ0n) is 8.63. The molecule has 3 nitrogen and oxygen atoms in total. The van der Waals surface area contributed by atoms with E-state index in [4.69, 9.17) is 0 Å². The van der Waals surface area contributed by atoms with E-state index >= 15 is 0 Å². The van der Waals surface area contributed by atoms with Crippen LogP contribution in [0, 0.1) is 11.3 Å². The first-order valence-corrected chi connectivity index (χ1v) is 5.03. The second-order valence-electron chi connectivity index (χ2n) is 4.99. The Bertz CT molecular complexity index is 237. The van der Waals surface area contributed by atoms with E-state index in [2.05, 4.69) is 26.1 Å². The molecule has 0 aromatic carbocycles. The molecular formula is C10H18N2O. The van der Waals surface area contributed by atoms with Gasteiger partial charge in [0.25, 0.3) is 0 Å². The molecule has 0 radical (unpaired) electrons. The number of rotatable bonds is 2. The molecule has 2 unspecified atom stereocenters. The highest BCUT2D eigenvalue weighted by molar-refractivity contribution is 5.80. The predicted octanol–water partition coefficient (Wildman–Crippen LogP) is 0.810. The van der Waals surface area contributed by atoms with Crippen molar-refractivity contribution < 1.29 is 4.79 Å². The quantitative estimate of drug-likeness (QED) is 0.685. The molecule has 74 valence electrons. The van der Waals surface area contributed by atoms with Gasteiger partial charge in [0, 0.05) is 6.54 Å². The van der Waals surface area contributed by atoms with Gasteiger partial charge in [-0.1, -0.05) is 13.8 Å². The minimum atomic E-state index is 0.240. The van der Waals surface area contributed by atoms with E-state index in [1.807, 2.05) is 4.90 Å². The molecule has 2 aliphatic rings. The third kappa shape index (κ3) is 1.57. The molecule has 0 spiro atoms. The van der Waals surface area contributed by atoms with E-state index < -0.39 is 0 Å². The summed E-state index contributed by atoms with van der Waals surface area (Å²) in [6, 6.07) is 0. The highest BCUT2D eigenvalue weighted by Crippen LogP contribution is 2.52. The third-order valence-corrected chi connectivity index (χ3v) is 3.47. The molecule has 1 aliphatic heterocycles. The smallest absolute Gasteiger partial charge is 0.237 e. The Labute approximate surface area is 79.5 Å². The van der Waals surface area contributed by atoms with Crippen molar-refractivity contribution >= 4 is 5.91 Å². The van der Waals surface area contributed by atoms with Crippen LogP contribution in [0.5, 0.6) is 0 Å². The van der Waals surface area contributed by atoms with Gasteiger partial charge in [-0.3, -0.25) is 10.1 Å². The number of hydrogen-bond acceptors (Lipinski definition) is 2. The van der Waals surface area contributed by atoms with Gasteiger partial charge in [0.05, 0.1) is 12.7 Å². The number of nitrogens with zero attached hydrogens (tertiary/aromatic N) is 1. The van der Waals surface area contributed by atoms with Crippen LogP contribution in [0.3, 0.4) is 0 Å². The van der Waals surface area contributed by atoms with Gasteiger partial charge in [0.2, 0.25) is 5.91 Å². The molecule has 0 bridgehead atoms. The summed E-state index contributed by atoms with van der Waals surface area (Å²) in [4.78, 5) is 13.4. The lowest BCUT2D eigenvalue weighted by Gasteiger charge is -2.21. The zero-order chi connectivity index (χ0) is 9.64. The van der Waals surface area contributed by atoms with Crippen molar-refractivity contribution in [1.29, 1.82) is 0 Å². The Hall–Kier alpha value is -0.570. The summed E-state index contributed by atoms with van der Waals surface area (Å²) in [7, 11) is 0. The number of carbonyl (C=O) groups is 1. The molecule has 1 amide bonds. The van der Waals surface area contributed by atoms with Crippen molar-refractivity contribution in [3.63, 3.8) is 0 Å². The maximum atomic E-state index is 11.4. The first-order valence-electron chi connectivity index (χ1n) is 5.03. The Kier molecular flexibility index (Phi) is 1.88. The lowest BCUT2D eigenvalue weighted by Crippen LogP contribution is -2.36. The molecule has 1 saturated carbocycles. The molecule has 13 heavy (non-hydrogen) atoms. The summed E-state index contributed by atoms with van der Waals surface area (Å²) in [6.45, 7) is 8.07. The van der Waals surface area contributed by atoms with Gasteiger partial charge in [-0.05, 0) is 24.7 Å². The van der Waals surface area contributed by atoms with Gasteiger partial charge in [-0.2, -0.15) is 0 Å². The number of nitrogens with one attached hydrogen (secondary N) is 1. The van der Waals surface area contributed by atoms with Crippen molar-refractivity contribution in [2.24, 2.45) is 11.3 Å². The van der Waals surface area contributed by atoms with Gasteiger partial charge >= 0.3 is 0 Å². The van der Waals surface area contributed by atoms with Crippen LogP contribution in [0.2, 0.25) is 0 Å². The molecule has 0 aromatic heterocycles. The zero-order valence-corrected chi connectivity index (χ0v) is 8.63. The first kappa shape index (κ1) is 9.00. The average Bonchev–Trinajstić information content (AvgIpc) is 2.52. The summed E-state index contributed by atoms with van der Waals surface area (Å²) >= 11 is 0. The Morgan fingerprint density at radius 1 is 1.62 bits per heavy atom. The maximum Gasteiger partial charge on any atom is 0.237 e. The van der Waals surface area contributed by atoms with E-state index in [0.29, 0.717) is 12.0 Å². The van der Waals surface area contributed by atoms with Gasteiger partial charge < -0.3 is 4.90 Å². The van der Waals surface area contributed by atoms with E-state index in [9.17, 15) is 4.79 Å². The largest absolute Gasteiger partial charge is 0.326 e. The molecule has 1 aliphatic carbocycles. The first-order chi connectivity index (χ1) is 6.00. The van der Waals surface area contributed by atoms with Crippen LogP contribution in [0.4, 0.5) is 0 Å². The molecule has 3 heteroatoms. The van der Waals surface area contributed by atoms with Crippen LogP contribution in [-0.2, 0) is 4.79 Å². The number of carbonyl (C=O) groups excluding carboxylic acids is 1. The minimum Gasteiger partial charge on any atom is -0.326 e. The van der Waals surface area contributed by atoms with Crippen molar-refractivity contribution in [2.75, 3.05) is 13.1 Å². The fraction of sp³-hybridized carbons (Fsp3) is 0.900. The van der Waals surface area contributed by atoms with Crippen LogP contribution < -0.4 is 5.32 Å². The second-order valence-corrected chi connectivity index (χ2v) is 4.99. The summed E-state index contributed by atoms with van der Waals surface area (Å²) in [5, 5.41) is 3.16. The van der Waals surface area contributed by atoms with Crippen molar-refractivity contribution in [2.45, 2.75) is 33.4 Å². The number of amides is 1. The summed E-state index contributed by atoms with van der Waals surface area (Å²) in [5.41, 5.74) is 0.475. The Balaban J connectivity index is 1.91. The fourth-order valence-electron chi connectivity index (χ4n) is 2.05. The highest BCUT2D eigenvalue weighted by Gasteiger charge is 2.47. The van der Waals surface area contributed by atoms with Crippen LogP contribution >= 0.6 is 0 Å². The second kappa shape index (κ2) is 2.71. The van der Waals surface area contributed by atoms with Gasteiger partial charge in [0.15, 0.2) is 0 Å². The molecule has 1 heterocycles. The van der Waals surface area contributed by atoms with E-state index in [-0.39, 0.29) is 12.1 Å². The average molecular weight is 182 g/mol. The Morgan fingerprint density at radius 2 is 2.23 bits per heavy atom. The summed E-state index contributed by atoms with van der Waals surface area (Å²) < 4.78 is 0. The van der Waals surface area contributed by atoms with Crippen LogP contribution in [0.15, 0.2) is 0 Å². The highest BCUT2D eigenvalue weighted by atomic mass is 16.2. The summed E-state index contributed by atoms with van der Waals surface area (Å²) in [5.74, 6) is 0.981. The predicted molar refractivity (Wildman–Crippen MR) is 51.1 cm³/mol. The van der Waals surface area contributed by atoms with Crippen molar-refractivity contribution in [1.82, 2.24) is 10.2 Å². The number of hydrogen-bond donors (Lipinski definition) is 1. The van der Waals surface area contributed by atoms with Gasteiger partial charge in [-0.15, -0.1) is 0 Å². The van der Waals surface area contributed by atoms with Crippen LogP contribution in [0.25, 0.3) is 0 Å². The SMILES string of the molecule is CC1NCC(=O)N1CC1CC1(C)C. The molecule has 0 aromatic rings. The monoisotopic (exact) mass is 182 g/mol.